The zero-order chi connectivity index (χ0) is 15.2. The van der Waals surface area contributed by atoms with E-state index in [0.29, 0.717) is 12.1 Å². The Morgan fingerprint density at radius 3 is 2.00 bits per heavy atom. The topological polar surface area (TPSA) is 40.6 Å². The van der Waals surface area contributed by atoms with Crippen molar-refractivity contribution in [3.8, 4) is 0 Å². The van der Waals surface area contributed by atoms with Crippen molar-refractivity contribution in [1.29, 1.82) is 0 Å². The fraction of sp³-hybridized carbons (Fsp3) is 0.125. The number of urea groups is 1. The van der Waals surface area contributed by atoms with Crippen molar-refractivity contribution in [1.82, 2.24) is 4.31 Å². The predicted molar refractivity (Wildman–Crippen MR) is 86.5 cm³/mol. The smallest absolute Gasteiger partial charge is 0.294 e. The first-order valence-corrected chi connectivity index (χ1v) is 7.00. The molecule has 0 aliphatic carbocycles. The van der Waals surface area contributed by atoms with Crippen molar-refractivity contribution in [3.63, 3.8) is 0 Å². The molecule has 2 aromatic carbocycles. The molecule has 0 unspecified atom stereocenters. The van der Waals surface area contributed by atoms with Crippen LogP contribution >= 0.6 is 12.8 Å². The summed E-state index contributed by atoms with van der Waals surface area (Å²) in [5, 5.41) is 0. The summed E-state index contributed by atoms with van der Waals surface area (Å²) in [6, 6.07) is 17.3. The summed E-state index contributed by atoms with van der Waals surface area (Å²) in [5.74, 6) is -0.446. The van der Waals surface area contributed by atoms with E-state index in [4.69, 9.17) is 0 Å². The number of hydrogen-bond donors (Lipinski definition) is 1. The average Bonchev–Trinajstić information content (AvgIpc) is 2.56. The predicted octanol–water partition coefficient (Wildman–Crippen LogP) is 3.62. The van der Waals surface area contributed by atoms with Gasteiger partial charge in [-0.1, -0.05) is 49.2 Å². The molecule has 0 spiro atoms. The summed E-state index contributed by atoms with van der Waals surface area (Å²) in [6.45, 7) is 2.29. The number of imide groups is 1. The van der Waals surface area contributed by atoms with Crippen molar-refractivity contribution in [2.45, 2.75) is 6.92 Å². The third kappa shape index (κ3) is 3.44. The van der Waals surface area contributed by atoms with Gasteiger partial charge in [0.15, 0.2) is 0 Å². The van der Waals surface area contributed by atoms with E-state index in [1.807, 2.05) is 43.3 Å². The van der Waals surface area contributed by atoms with Crippen LogP contribution in [0.3, 0.4) is 0 Å². The lowest BCUT2D eigenvalue weighted by atomic mass is 10.2. The Morgan fingerprint density at radius 1 is 0.952 bits per heavy atom. The van der Waals surface area contributed by atoms with Crippen LogP contribution in [0, 0.1) is 0 Å². The van der Waals surface area contributed by atoms with Crippen molar-refractivity contribution in [3.05, 3.63) is 66.2 Å². The maximum Gasteiger partial charge on any atom is 0.341 e. The lowest BCUT2D eigenvalue weighted by Gasteiger charge is -2.25. The number of carbonyl (C=O) groups is 2. The molecule has 0 fully saturated rings. The van der Waals surface area contributed by atoms with Gasteiger partial charge in [0.1, 0.15) is 0 Å². The van der Waals surface area contributed by atoms with Crippen LogP contribution in [-0.4, -0.2) is 22.8 Å². The van der Waals surface area contributed by atoms with E-state index in [1.165, 1.54) is 4.90 Å². The third-order valence-corrected chi connectivity index (χ3v) is 3.36. The molecule has 0 aromatic heterocycles. The molecule has 0 heterocycles. The molecule has 5 heteroatoms. The first kappa shape index (κ1) is 15.1. The molecule has 0 N–H and O–H groups in total. The molecule has 3 amide bonds. The molecule has 0 saturated carbocycles. The normalized spacial score (nSPS) is 10.0. The Labute approximate surface area is 129 Å². The van der Waals surface area contributed by atoms with Gasteiger partial charge in [-0.25, -0.2) is 9.10 Å². The van der Waals surface area contributed by atoms with E-state index in [1.54, 1.807) is 24.3 Å². The summed E-state index contributed by atoms with van der Waals surface area (Å²) < 4.78 is 0.839. The van der Waals surface area contributed by atoms with Crippen molar-refractivity contribution >= 4 is 30.4 Å². The van der Waals surface area contributed by atoms with Crippen LogP contribution < -0.4 is 4.90 Å². The molecule has 0 bridgehead atoms. The molecule has 0 saturated heterocycles. The van der Waals surface area contributed by atoms with Crippen LogP contribution in [0.5, 0.6) is 0 Å². The Bertz CT molecular complexity index is 617. The lowest BCUT2D eigenvalue weighted by Crippen LogP contribution is -2.41. The molecule has 0 aliphatic heterocycles. The van der Waals surface area contributed by atoms with Crippen molar-refractivity contribution in [2.75, 3.05) is 11.4 Å². The van der Waals surface area contributed by atoms with Gasteiger partial charge in [-0.15, -0.1) is 0 Å². The minimum absolute atomic E-state index is 0.421. The van der Waals surface area contributed by atoms with E-state index in [9.17, 15) is 9.59 Å². The second-order valence-corrected chi connectivity index (χ2v) is 4.75. The number of carbonyl (C=O) groups excluding carboxylic acids is 2. The zero-order valence-corrected chi connectivity index (χ0v) is 12.5. The van der Waals surface area contributed by atoms with E-state index >= 15 is 0 Å². The summed E-state index contributed by atoms with van der Waals surface area (Å²) in [6.07, 6.45) is 0. The quantitative estimate of drug-likeness (QED) is 0.880. The lowest BCUT2D eigenvalue weighted by molar-refractivity contribution is 0.0899. The second kappa shape index (κ2) is 6.95. The number of anilines is 1. The first-order chi connectivity index (χ1) is 10.1. The van der Waals surface area contributed by atoms with Gasteiger partial charge in [0.2, 0.25) is 0 Å². The number of nitrogens with zero attached hydrogens (tertiary/aromatic N) is 2. The highest BCUT2D eigenvalue weighted by molar-refractivity contribution is 7.79. The Kier molecular flexibility index (Phi) is 5.00. The third-order valence-electron chi connectivity index (χ3n) is 3.01. The van der Waals surface area contributed by atoms with Gasteiger partial charge in [0.25, 0.3) is 5.91 Å². The highest BCUT2D eigenvalue weighted by Crippen LogP contribution is 2.17. The van der Waals surface area contributed by atoms with Gasteiger partial charge in [-0.05, 0) is 31.2 Å². The van der Waals surface area contributed by atoms with E-state index in [2.05, 4.69) is 12.8 Å². The molecule has 21 heavy (non-hydrogen) atoms. The molecular formula is C16H16N2O2S. The molecule has 2 rings (SSSR count). The fourth-order valence-electron chi connectivity index (χ4n) is 1.94. The summed E-state index contributed by atoms with van der Waals surface area (Å²) in [4.78, 5) is 26.2. The maximum absolute atomic E-state index is 12.4. The van der Waals surface area contributed by atoms with Gasteiger partial charge >= 0.3 is 6.03 Å². The SMILES string of the molecule is CCN(C(=O)N(S)C(=O)c1ccccc1)c1ccccc1. The van der Waals surface area contributed by atoms with E-state index < -0.39 is 11.9 Å². The number of hydrogen-bond acceptors (Lipinski definition) is 3. The van der Waals surface area contributed by atoms with Crippen molar-refractivity contribution in [2.24, 2.45) is 0 Å². The molecule has 0 aliphatic rings. The molecule has 108 valence electrons. The first-order valence-electron chi connectivity index (χ1n) is 6.60. The molecular weight excluding hydrogens is 284 g/mol. The van der Waals surface area contributed by atoms with Crippen LogP contribution in [-0.2, 0) is 0 Å². The molecule has 0 atom stereocenters. The minimum Gasteiger partial charge on any atom is -0.294 e. The maximum atomic E-state index is 12.4. The number of amides is 3. The van der Waals surface area contributed by atoms with Gasteiger partial charge in [-0.2, -0.15) is 0 Å². The minimum atomic E-state index is -0.471. The summed E-state index contributed by atoms with van der Waals surface area (Å²) >= 11 is 4.07. The van der Waals surface area contributed by atoms with Gasteiger partial charge in [0.05, 0.1) is 0 Å². The van der Waals surface area contributed by atoms with Crippen LogP contribution in [0.2, 0.25) is 0 Å². The largest absolute Gasteiger partial charge is 0.341 e. The number of benzene rings is 2. The summed E-state index contributed by atoms with van der Waals surface area (Å²) in [5.41, 5.74) is 1.15. The Hall–Kier alpha value is -2.27. The standard InChI is InChI=1S/C16H16N2O2S/c1-2-17(14-11-7-4-8-12-14)16(20)18(21)15(19)13-9-5-3-6-10-13/h3-12,21H,2H2,1H3. The fourth-order valence-corrected chi connectivity index (χ4v) is 2.16. The second-order valence-electron chi connectivity index (χ2n) is 4.35. The monoisotopic (exact) mass is 300 g/mol. The Morgan fingerprint density at radius 2 is 1.48 bits per heavy atom. The van der Waals surface area contributed by atoms with Crippen LogP contribution in [0.15, 0.2) is 60.7 Å². The van der Waals surface area contributed by atoms with E-state index in [-0.39, 0.29) is 0 Å². The van der Waals surface area contributed by atoms with Gasteiger partial charge < -0.3 is 0 Å². The number of rotatable bonds is 3. The highest BCUT2D eigenvalue weighted by atomic mass is 32.1. The number of thiol groups is 1. The number of para-hydroxylation sites is 1. The van der Waals surface area contributed by atoms with Crippen molar-refractivity contribution < 1.29 is 9.59 Å². The van der Waals surface area contributed by atoms with Gasteiger partial charge in [0, 0.05) is 17.8 Å². The van der Waals surface area contributed by atoms with Gasteiger partial charge in [-0.3, -0.25) is 9.69 Å². The molecule has 2 aromatic rings. The van der Waals surface area contributed by atoms with Crippen LogP contribution in [0.1, 0.15) is 17.3 Å². The zero-order valence-electron chi connectivity index (χ0n) is 11.6. The van der Waals surface area contributed by atoms with Crippen LogP contribution in [0.25, 0.3) is 0 Å². The Balaban J connectivity index is 2.20. The summed E-state index contributed by atoms with van der Waals surface area (Å²) in [7, 11) is 0. The van der Waals surface area contributed by atoms with Crippen LogP contribution in [0.4, 0.5) is 10.5 Å². The molecule has 0 radical (unpaired) electrons. The average molecular weight is 300 g/mol. The molecule has 4 nitrogen and oxygen atoms in total. The highest BCUT2D eigenvalue weighted by Gasteiger charge is 2.25. The van der Waals surface area contributed by atoms with E-state index in [0.717, 1.165) is 9.99 Å².